The van der Waals surface area contributed by atoms with Gasteiger partial charge in [0.1, 0.15) is 23.4 Å². The first kappa shape index (κ1) is 12.5. The second-order valence-electron chi connectivity index (χ2n) is 4.41. The fourth-order valence-corrected chi connectivity index (χ4v) is 2.24. The van der Waals surface area contributed by atoms with Crippen molar-refractivity contribution in [2.45, 2.75) is 0 Å². The number of para-hydroxylation sites is 1. The molecule has 0 spiro atoms. The minimum absolute atomic E-state index is 0.178. The Labute approximate surface area is 120 Å². The third kappa shape index (κ3) is 1.92. The van der Waals surface area contributed by atoms with Gasteiger partial charge in [-0.15, -0.1) is 0 Å². The number of rotatable bonds is 2. The average molecular weight is 274 g/mol. The van der Waals surface area contributed by atoms with Gasteiger partial charge >= 0.3 is 0 Å². The molecule has 100 valence electrons. The van der Waals surface area contributed by atoms with Crippen molar-refractivity contribution in [2.24, 2.45) is 5.73 Å². The summed E-state index contributed by atoms with van der Waals surface area (Å²) in [6.45, 7) is 0. The number of fused-ring (bicyclic) bond motifs is 1. The van der Waals surface area contributed by atoms with Gasteiger partial charge < -0.3 is 10.7 Å². The highest BCUT2D eigenvalue weighted by Gasteiger charge is 2.17. The number of H-pyrrole nitrogens is 2. The van der Waals surface area contributed by atoms with E-state index < -0.39 is 0 Å². The summed E-state index contributed by atoms with van der Waals surface area (Å²) < 4.78 is 0. The van der Waals surface area contributed by atoms with E-state index in [0.717, 1.165) is 10.9 Å². The zero-order valence-corrected chi connectivity index (χ0v) is 10.9. The van der Waals surface area contributed by atoms with Gasteiger partial charge in [0.05, 0.1) is 11.3 Å². The minimum Gasteiger partial charge on any atom is -0.397 e. The zero-order chi connectivity index (χ0) is 14.8. The van der Waals surface area contributed by atoms with Gasteiger partial charge in [-0.1, -0.05) is 18.2 Å². The molecule has 2 heterocycles. The Balaban J connectivity index is 2.25. The number of nitrogens with zero attached hydrogens (tertiary/aromatic N) is 3. The molecule has 0 fully saturated rings. The SMILES string of the molecule is N#CC(=C(N)c1c[nH]c2ccccc12)c1n[nH]cc1C#N. The maximum absolute atomic E-state index is 9.40. The monoisotopic (exact) mass is 274 g/mol. The van der Waals surface area contributed by atoms with Crippen LogP contribution in [0.3, 0.4) is 0 Å². The first-order chi connectivity index (χ1) is 10.3. The molecule has 0 aliphatic rings. The molecular formula is C15H10N6. The predicted molar refractivity (Wildman–Crippen MR) is 78.2 cm³/mol. The summed E-state index contributed by atoms with van der Waals surface area (Å²) in [5, 5.41) is 25.9. The van der Waals surface area contributed by atoms with Gasteiger partial charge in [-0.3, -0.25) is 5.10 Å². The second-order valence-corrected chi connectivity index (χ2v) is 4.41. The molecule has 3 rings (SSSR count). The van der Waals surface area contributed by atoms with Crippen molar-refractivity contribution < 1.29 is 0 Å². The molecule has 1 aromatic carbocycles. The first-order valence-corrected chi connectivity index (χ1v) is 6.17. The van der Waals surface area contributed by atoms with Gasteiger partial charge in [-0.25, -0.2) is 0 Å². The number of nitrogens with one attached hydrogen (secondary N) is 2. The third-order valence-electron chi connectivity index (χ3n) is 3.26. The summed E-state index contributed by atoms with van der Waals surface area (Å²) in [6.07, 6.45) is 3.19. The topological polar surface area (TPSA) is 118 Å². The van der Waals surface area contributed by atoms with E-state index >= 15 is 0 Å². The molecule has 0 aliphatic heterocycles. The molecule has 2 aromatic heterocycles. The van der Waals surface area contributed by atoms with Crippen molar-refractivity contribution in [3.63, 3.8) is 0 Å². The van der Waals surface area contributed by atoms with Crippen LogP contribution in [-0.2, 0) is 0 Å². The van der Waals surface area contributed by atoms with E-state index in [-0.39, 0.29) is 16.8 Å². The number of nitriles is 2. The Morgan fingerprint density at radius 1 is 1.19 bits per heavy atom. The average Bonchev–Trinajstić information content (AvgIpc) is 3.14. The van der Waals surface area contributed by atoms with E-state index in [4.69, 9.17) is 11.0 Å². The molecule has 0 bridgehead atoms. The van der Waals surface area contributed by atoms with Crippen molar-refractivity contribution in [3.8, 4) is 12.1 Å². The summed E-state index contributed by atoms with van der Waals surface area (Å²) >= 11 is 0. The lowest BCUT2D eigenvalue weighted by molar-refractivity contribution is 1.08. The Kier molecular flexibility index (Phi) is 2.91. The Hall–Kier alpha value is -3.51. The molecule has 0 unspecified atom stereocenters. The van der Waals surface area contributed by atoms with Gasteiger partial charge in [0.15, 0.2) is 0 Å². The lowest BCUT2D eigenvalue weighted by atomic mass is 10.0. The molecular weight excluding hydrogens is 264 g/mol. The third-order valence-corrected chi connectivity index (χ3v) is 3.26. The number of benzene rings is 1. The molecule has 0 radical (unpaired) electrons. The van der Waals surface area contributed by atoms with Gasteiger partial charge in [-0.2, -0.15) is 15.6 Å². The van der Waals surface area contributed by atoms with Crippen LogP contribution in [0.4, 0.5) is 0 Å². The van der Waals surface area contributed by atoms with Crippen LogP contribution in [0, 0.1) is 22.7 Å². The number of allylic oxidation sites excluding steroid dienone is 1. The van der Waals surface area contributed by atoms with Gasteiger partial charge in [0.2, 0.25) is 0 Å². The minimum atomic E-state index is 0.178. The van der Waals surface area contributed by atoms with Crippen LogP contribution in [0.15, 0.2) is 36.7 Å². The van der Waals surface area contributed by atoms with E-state index in [1.54, 1.807) is 6.20 Å². The van der Waals surface area contributed by atoms with Crippen LogP contribution < -0.4 is 5.73 Å². The molecule has 6 nitrogen and oxygen atoms in total. The van der Waals surface area contributed by atoms with Crippen molar-refractivity contribution in [3.05, 3.63) is 53.5 Å². The maximum atomic E-state index is 9.40. The Morgan fingerprint density at radius 2 is 2.00 bits per heavy atom. The Morgan fingerprint density at radius 3 is 2.76 bits per heavy atom. The lowest BCUT2D eigenvalue weighted by Crippen LogP contribution is -2.01. The molecule has 0 atom stereocenters. The summed E-state index contributed by atoms with van der Waals surface area (Å²) in [6, 6.07) is 11.7. The number of aromatic amines is 2. The van der Waals surface area contributed by atoms with Crippen molar-refractivity contribution in [2.75, 3.05) is 0 Å². The highest BCUT2D eigenvalue weighted by Crippen LogP contribution is 2.28. The van der Waals surface area contributed by atoms with Gasteiger partial charge in [0, 0.05) is 28.9 Å². The fraction of sp³-hybridized carbons (Fsp3) is 0. The molecule has 3 aromatic rings. The summed E-state index contributed by atoms with van der Waals surface area (Å²) in [5.74, 6) is 0. The molecule has 21 heavy (non-hydrogen) atoms. The zero-order valence-electron chi connectivity index (χ0n) is 10.9. The second kappa shape index (κ2) is 4.87. The molecule has 0 saturated carbocycles. The highest BCUT2D eigenvalue weighted by atomic mass is 15.1. The fourth-order valence-electron chi connectivity index (χ4n) is 2.24. The van der Waals surface area contributed by atoms with E-state index in [0.29, 0.717) is 11.3 Å². The number of hydrogen-bond acceptors (Lipinski definition) is 4. The smallest absolute Gasteiger partial charge is 0.122 e. The normalized spacial score (nSPS) is 11.7. The van der Waals surface area contributed by atoms with Gasteiger partial charge in [-0.05, 0) is 6.07 Å². The summed E-state index contributed by atoms with van der Waals surface area (Å²) in [4.78, 5) is 3.11. The molecule has 0 amide bonds. The molecule has 4 N–H and O–H groups in total. The van der Waals surface area contributed by atoms with Crippen molar-refractivity contribution in [1.82, 2.24) is 15.2 Å². The van der Waals surface area contributed by atoms with Crippen molar-refractivity contribution in [1.29, 1.82) is 10.5 Å². The number of aromatic nitrogens is 3. The molecule has 0 aliphatic carbocycles. The van der Waals surface area contributed by atoms with Crippen LogP contribution in [0.25, 0.3) is 22.2 Å². The summed E-state index contributed by atoms with van der Waals surface area (Å²) in [5.41, 5.74) is 8.81. The van der Waals surface area contributed by atoms with E-state index in [1.807, 2.05) is 36.4 Å². The van der Waals surface area contributed by atoms with Crippen LogP contribution in [0.1, 0.15) is 16.8 Å². The largest absolute Gasteiger partial charge is 0.397 e. The van der Waals surface area contributed by atoms with E-state index in [2.05, 4.69) is 15.2 Å². The number of nitrogens with two attached hydrogens (primary N) is 1. The standard InChI is InChI=1S/C15H10N6/c16-5-9-7-20-21-15(9)11(6-17)14(18)12-8-19-13-4-2-1-3-10(12)13/h1-4,7-8,19H,18H2,(H,20,21). The summed E-state index contributed by atoms with van der Waals surface area (Å²) in [7, 11) is 0. The molecule has 0 saturated heterocycles. The van der Waals surface area contributed by atoms with Crippen molar-refractivity contribution >= 4 is 22.2 Å². The quantitative estimate of drug-likeness (QED) is 0.620. The van der Waals surface area contributed by atoms with Crippen LogP contribution in [0.2, 0.25) is 0 Å². The van der Waals surface area contributed by atoms with Gasteiger partial charge in [0.25, 0.3) is 0 Å². The maximum Gasteiger partial charge on any atom is 0.122 e. The lowest BCUT2D eigenvalue weighted by Gasteiger charge is -2.03. The Bertz CT molecular complexity index is 929. The predicted octanol–water partition coefficient (Wildman–Crippen LogP) is 2.11. The highest BCUT2D eigenvalue weighted by molar-refractivity contribution is 6.03. The van der Waals surface area contributed by atoms with Crippen LogP contribution >= 0.6 is 0 Å². The molecule has 6 heteroatoms. The first-order valence-electron chi connectivity index (χ1n) is 6.17. The van der Waals surface area contributed by atoms with Crippen LogP contribution in [-0.4, -0.2) is 15.2 Å². The van der Waals surface area contributed by atoms with E-state index in [9.17, 15) is 5.26 Å². The van der Waals surface area contributed by atoms with E-state index in [1.165, 1.54) is 6.20 Å². The van der Waals surface area contributed by atoms with Crippen LogP contribution in [0.5, 0.6) is 0 Å². The number of hydrogen-bond donors (Lipinski definition) is 3.